The standard InChI is InChI=1S/C29H34N4O3/c1-20-9-13-22(14-10-20)27(28(36)32-29(3,4)5)33(23-15-11-21(2)12-16-23)26(35)18-17-25(34)31-24-8-6-7-19-30-24/h6-16,19,27H,17-18H2,1-5H3,(H,32,36)(H,30,31,34). The van der Waals surface area contributed by atoms with E-state index in [-0.39, 0.29) is 30.6 Å². The zero-order chi connectivity index (χ0) is 26.3. The minimum Gasteiger partial charge on any atom is -0.349 e. The largest absolute Gasteiger partial charge is 0.349 e. The van der Waals surface area contributed by atoms with E-state index < -0.39 is 11.6 Å². The summed E-state index contributed by atoms with van der Waals surface area (Å²) >= 11 is 0. The predicted octanol–water partition coefficient (Wildman–Crippen LogP) is 5.11. The van der Waals surface area contributed by atoms with Crippen molar-refractivity contribution in [3.8, 4) is 0 Å². The van der Waals surface area contributed by atoms with Crippen LogP contribution in [0, 0.1) is 13.8 Å². The lowest BCUT2D eigenvalue weighted by atomic mass is 9.99. The van der Waals surface area contributed by atoms with Crippen LogP contribution in [0.5, 0.6) is 0 Å². The van der Waals surface area contributed by atoms with Gasteiger partial charge in [0.05, 0.1) is 0 Å². The summed E-state index contributed by atoms with van der Waals surface area (Å²) < 4.78 is 0. The number of hydrogen-bond donors (Lipinski definition) is 2. The van der Waals surface area contributed by atoms with Crippen LogP contribution in [0.3, 0.4) is 0 Å². The zero-order valence-electron chi connectivity index (χ0n) is 21.5. The number of pyridine rings is 1. The van der Waals surface area contributed by atoms with Gasteiger partial charge in [-0.1, -0.05) is 53.6 Å². The maximum atomic E-state index is 13.7. The zero-order valence-corrected chi connectivity index (χ0v) is 21.5. The van der Waals surface area contributed by atoms with Crippen LogP contribution in [-0.4, -0.2) is 28.2 Å². The summed E-state index contributed by atoms with van der Waals surface area (Å²) in [5, 5.41) is 5.73. The molecule has 0 fully saturated rings. The predicted molar refractivity (Wildman–Crippen MR) is 143 cm³/mol. The highest BCUT2D eigenvalue weighted by molar-refractivity contribution is 6.03. The van der Waals surface area contributed by atoms with Gasteiger partial charge in [0, 0.05) is 30.3 Å². The van der Waals surface area contributed by atoms with Gasteiger partial charge in [-0.25, -0.2) is 4.98 Å². The Morgan fingerprint density at radius 1 is 0.861 bits per heavy atom. The van der Waals surface area contributed by atoms with E-state index in [1.54, 1.807) is 24.4 Å². The first-order valence-electron chi connectivity index (χ1n) is 12.0. The van der Waals surface area contributed by atoms with Crippen molar-refractivity contribution in [2.24, 2.45) is 0 Å². The number of nitrogens with one attached hydrogen (secondary N) is 2. The molecule has 0 aliphatic carbocycles. The molecule has 0 aliphatic rings. The minimum absolute atomic E-state index is 0.0424. The maximum absolute atomic E-state index is 13.7. The molecule has 1 atom stereocenters. The first-order chi connectivity index (χ1) is 17.0. The first kappa shape index (κ1) is 26.6. The third-order valence-electron chi connectivity index (χ3n) is 5.48. The van der Waals surface area contributed by atoms with Crippen molar-refractivity contribution in [2.45, 2.75) is 59.0 Å². The van der Waals surface area contributed by atoms with E-state index in [1.165, 1.54) is 4.90 Å². The molecule has 1 unspecified atom stereocenters. The Labute approximate surface area is 212 Å². The van der Waals surface area contributed by atoms with Crippen molar-refractivity contribution in [3.63, 3.8) is 0 Å². The third kappa shape index (κ3) is 7.50. The highest BCUT2D eigenvalue weighted by Gasteiger charge is 2.34. The van der Waals surface area contributed by atoms with E-state index >= 15 is 0 Å². The van der Waals surface area contributed by atoms with E-state index in [0.717, 1.165) is 11.1 Å². The monoisotopic (exact) mass is 486 g/mol. The summed E-state index contributed by atoms with van der Waals surface area (Å²) in [6, 6.07) is 19.3. The van der Waals surface area contributed by atoms with Crippen LogP contribution in [0.4, 0.5) is 11.5 Å². The van der Waals surface area contributed by atoms with E-state index in [9.17, 15) is 14.4 Å². The number of carbonyl (C=O) groups is 3. The van der Waals surface area contributed by atoms with Crippen LogP contribution in [0.15, 0.2) is 72.9 Å². The smallest absolute Gasteiger partial charge is 0.248 e. The molecule has 0 saturated carbocycles. The highest BCUT2D eigenvalue weighted by Crippen LogP contribution is 2.30. The fraction of sp³-hybridized carbons (Fsp3) is 0.310. The summed E-state index contributed by atoms with van der Waals surface area (Å²) in [6.45, 7) is 9.63. The molecule has 2 aromatic carbocycles. The lowest BCUT2D eigenvalue weighted by molar-refractivity contribution is -0.128. The number of hydrogen-bond acceptors (Lipinski definition) is 4. The Kier molecular flexibility index (Phi) is 8.59. The van der Waals surface area contributed by atoms with E-state index in [0.29, 0.717) is 17.1 Å². The number of anilines is 2. The van der Waals surface area contributed by atoms with Gasteiger partial charge in [-0.2, -0.15) is 0 Å². The molecule has 1 aromatic heterocycles. The van der Waals surface area contributed by atoms with Gasteiger partial charge in [0.2, 0.25) is 17.7 Å². The Balaban J connectivity index is 1.94. The summed E-state index contributed by atoms with van der Waals surface area (Å²) in [4.78, 5) is 45.4. The van der Waals surface area contributed by atoms with Crippen LogP contribution in [0.2, 0.25) is 0 Å². The Morgan fingerprint density at radius 3 is 2.03 bits per heavy atom. The summed E-state index contributed by atoms with van der Waals surface area (Å²) in [6.07, 6.45) is 1.47. The summed E-state index contributed by atoms with van der Waals surface area (Å²) in [7, 11) is 0. The SMILES string of the molecule is Cc1ccc(C(C(=O)NC(C)(C)C)N(C(=O)CCC(=O)Nc2ccccn2)c2ccc(C)cc2)cc1. The van der Waals surface area contributed by atoms with Gasteiger partial charge in [0.15, 0.2) is 0 Å². The molecule has 3 rings (SSSR count). The number of carbonyl (C=O) groups excluding carboxylic acids is 3. The van der Waals surface area contributed by atoms with E-state index in [2.05, 4.69) is 15.6 Å². The van der Waals surface area contributed by atoms with Gasteiger partial charge in [0.1, 0.15) is 11.9 Å². The highest BCUT2D eigenvalue weighted by atomic mass is 16.2. The molecule has 7 nitrogen and oxygen atoms in total. The van der Waals surface area contributed by atoms with Gasteiger partial charge in [-0.05, 0) is 64.4 Å². The van der Waals surface area contributed by atoms with Gasteiger partial charge >= 0.3 is 0 Å². The van der Waals surface area contributed by atoms with Crippen LogP contribution >= 0.6 is 0 Å². The normalized spacial score (nSPS) is 11.9. The lowest BCUT2D eigenvalue weighted by Gasteiger charge is -2.34. The molecule has 1 heterocycles. The van der Waals surface area contributed by atoms with E-state index in [4.69, 9.17) is 0 Å². The van der Waals surface area contributed by atoms with Crippen LogP contribution in [0.25, 0.3) is 0 Å². The van der Waals surface area contributed by atoms with Crippen molar-refractivity contribution >= 4 is 29.2 Å². The second-order valence-corrected chi connectivity index (χ2v) is 9.91. The lowest BCUT2D eigenvalue weighted by Crippen LogP contribution is -2.49. The molecule has 0 aliphatic heterocycles. The molecule has 7 heteroatoms. The van der Waals surface area contributed by atoms with Crippen LogP contribution < -0.4 is 15.5 Å². The van der Waals surface area contributed by atoms with Gasteiger partial charge in [-0.3, -0.25) is 19.3 Å². The van der Waals surface area contributed by atoms with Crippen LogP contribution in [0.1, 0.15) is 56.3 Å². The maximum Gasteiger partial charge on any atom is 0.248 e. The number of benzene rings is 2. The van der Waals surface area contributed by atoms with Gasteiger partial charge < -0.3 is 10.6 Å². The molecule has 3 aromatic rings. The molecule has 2 N–H and O–H groups in total. The number of rotatable bonds is 8. The molecular formula is C29H34N4O3. The van der Waals surface area contributed by atoms with Crippen molar-refractivity contribution in [3.05, 3.63) is 89.6 Å². The second-order valence-electron chi connectivity index (χ2n) is 9.91. The number of nitrogens with zero attached hydrogens (tertiary/aromatic N) is 2. The molecule has 0 saturated heterocycles. The fourth-order valence-electron chi connectivity index (χ4n) is 3.73. The van der Waals surface area contributed by atoms with Crippen molar-refractivity contribution < 1.29 is 14.4 Å². The Bertz CT molecular complexity index is 1180. The summed E-state index contributed by atoms with van der Waals surface area (Å²) in [5.41, 5.74) is 2.87. The number of amides is 3. The molecule has 188 valence electrons. The number of aryl methyl sites for hydroxylation is 2. The molecule has 36 heavy (non-hydrogen) atoms. The minimum atomic E-state index is -0.904. The third-order valence-corrected chi connectivity index (χ3v) is 5.48. The average molecular weight is 487 g/mol. The quantitative estimate of drug-likeness (QED) is 0.463. The van der Waals surface area contributed by atoms with Crippen LogP contribution in [-0.2, 0) is 14.4 Å². The van der Waals surface area contributed by atoms with Gasteiger partial charge in [0.25, 0.3) is 0 Å². The van der Waals surface area contributed by atoms with Crippen molar-refractivity contribution in [1.82, 2.24) is 10.3 Å². The molecule has 0 spiro atoms. The van der Waals surface area contributed by atoms with Crippen molar-refractivity contribution in [1.29, 1.82) is 0 Å². The Hall–Kier alpha value is -4.00. The average Bonchev–Trinajstić information content (AvgIpc) is 2.82. The topological polar surface area (TPSA) is 91.4 Å². The molecular weight excluding hydrogens is 452 g/mol. The van der Waals surface area contributed by atoms with E-state index in [1.807, 2.05) is 83.1 Å². The second kappa shape index (κ2) is 11.6. The van der Waals surface area contributed by atoms with Crippen molar-refractivity contribution in [2.75, 3.05) is 10.2 Å². The molecule has 3 amide bonds. The first-order valence-corrected chi connectivity index (χ1v) is 12.0. The number of aromatic nitrogens is 1. The molecule has 0 bridgehead atoms. The summed E-state index contributed by atoms with van der Waals surface area (Å²) in [5.74, 6) is -0.521. The fourth-order valence-corrected chi connectivity index (χ4v) is 3.73. The van der Waals surface area contributed by atoms with Gasteiger partial charge in [-0.15, -0.1) is 0 Å². The molecule has 0 radical (unpaired) electrons. The Morgan fingerprint density at radius 2 is 1.47 bits per heavy atom.